The first-order chi connectivity index (χ1) is 19.4. The number of hydrogen-bond donors (Lipinski definition) is 5. The number of carbonyl (C=O) groups is 4. The normalized spacial score (nSPS) is 19.3. The number of nitrogens with zero attached hydrogens (tertiary/aromatic N) is 5. The molecule has 41 heavy (non-hydrogen) atoms. The third kappa shape index (κ3) is 6.15. The number of aliphatic carboxylic acids is 2. The quantitative estimate of drug-likeness (QED) is 0.0452. The number of β-lactam (4-membered cyclic amide) rings is 1. The number of thiazole rings is 1. The number of aromatic nitrogens is 3. The number of rotatable bonds is 11. The maximum Gasteiger partial charge on any atom is 0.347 e. The van der Waals surface area contributed by atoms with Crippen LogP contribution in [0.25, 0.3) is 0 Å². The van der Waals surface area contributed by atoms with Crippen LogP contribution in [0.1, 0.15) is 19.5 Å². The zero-order valence-corrected chi connectivity index (χ0v) is 24.0. The van der Waals surface area contributed by atoms with Crippen LogP contribution in [-0.2, 0) is 30.6 Å². The van der Waals surface area contributed by atoms with Crippen LogP contribution < -0.4 is 32.2 Å². The lowest BCUT2D eigenvalue weighted by Gasteiger charge is -2.50. The van der Waals surface area contributed by atoms with Crippen LogP contribution in [-0.4, -0.2) is 78.5 Å². The molecule has 2 unspecified atom stereocenters. The van der Waals surface area contributed by atoms with Gasteiger partial charge in [0, 0.05) is 16.9 Å². The standard InChI is InChI=1S/C22H25N9O7S3/c1-3-30-12(24)4-11(23)27-22(30)41-6-9-5-39-18-14(17(33)31(18)15(9)20(36)37)28-16(32)13(10-7-40-21(25)26-10)29-38-8(2)19(34)35/h4,7-8,14,18H,3,5-6H2,1-2H3,(H8,23,24,25,26,28,32,34,35,36,37)/b29-13-/t8?,14?,18-/m1/s1. The summed E-state index contributed by atoms with van der Waals surface area (Å²) in [6.45, 7) is 3.60. The summed E-state index contributed by atoms with van der Waals surface area (Å²) >= 11 is 3.48. The lowest BCUT2D eigenvalue weighted by Crippen LogP contribution is -2.71. The van der Waals surface area contributed by atoms with Gasteiger partial charge in [0.15, 0.2) is 10.8 Å². The molecule has 1 saturated heterocycles. The summed E-state index contributed by atoms with van der Waals surface area (Å²) in [4.78, 5) is 63.7. The zero-order valence-electron chi connectivity index (χ0n) is 21.6. The predicted octanol–water partition coefficient (Wildman–Crippen LogP) is -2.02. The number of nitrogen functional groups attached to an aromatic ring is 3. The molecule has 3 atom stereocenters. The molecule has 0 bridgehead atoms. The van der Waals surface area contributed by atoms with Gasteiger partial charge < -0.3 is 42.4 Å². The molecule has 2 aliphatic heterocycles. The highest BCUT2D eigenvalue weighted by atomic mass is 32.2. The third-order valence-corrected chi connectivity index (χ3v) is 8.99. The molecule has 0 radical (unpaired) electrons. The van der Waals surface area contributed by atoms with E-state index in [-0.39, 0.29) is 33.8 Å². The smallest absolute Gasteiger partial charge is 0.347 e. The van der Waals surface area contributed by atoms with Crippen LogP contribution in [0.4, 0.5) is 16.8 Å². The first-order valence-electron chi connectivity index (χ1n) is 11.9. The molecule has 1 fully saturated rings. The average Bonchev–Trinajstić information content (AvgIpc) is 3.34. The summed E-state index contributed by atoms with van der Waals surface area (Å²) in [5.74, 6) is -3.41. The number of amides is 2. The van der Waals surface area contributed by atoms with E-state index in [0.717, 1.165) is 16.2 Å². The van der Waals surface area contributed by atoms with Crippen molar-refractivity contribution in [3.63, 3.8) is 0 Å². The third-order valence-electron chi connectivity index (χ3n) is 5.91. The molecule has 2 amide bonds. The highest BCUT2D eigenvalue weighted by Gasteiger charge is 2.53. The molecular formula is C22H25N9O7S3. The van der Waals surface area contributed by atoms with Gasteiger partial charge in [0.05, 0.1) is 24.3 Å². The highest BCUT2D eigenvalue weighted by Crippen LogP contribution is 2.41. The average molecular weight is 624 g/mol. The topological polar surface area (TPSA) is 256 Å². The summed E-state index contributed by atoms with van der Waals surface area (Å²) in [5.41, 5.74) is 17.2. The Bertz CT molecular complexity index is 1480. The van der Waals surface area contributed by atoms with Crippen molar-refractivity contribution < 1.29 is 38.8 Å². The minimum absolute atomic E-state index is 0.0114. The Morgan fingerprint density at radius 2 is 2.10 bits per heavy atom. The molecular weight excluding hydrogens is 598 g/mol. The SMILES string of the molecule is CC[n+]1c(N)cc(N)nc1SCC1=C(C(=O)[O-])N2C(=O)C(NC(=O)/C(=N\OC(C)C(=O)O)c3csc(N)n3)[C@H]2SC1. The van der Waals surface area contributed by atoms with E-state index in [0.29, 0.717) is 23.1 Å². The summed E-state index contributed by atoms with van der Waals surface area (Å²) in [6.07, 6.45) is -1.37. The second kappa shape index (κ2) is 12.2. The van der Waals surface area contributed by atoms with Crippen molar-refractivity contribution in [2.75, 3.05) is 28.7 Å². The summed E-state index contributed by atoms with van der Waals surface area (Å²) in [6, 6.07) is 0.415. The molecule has 218 valence electrons. The van der Waals surface area contributed by atoms with Gasteiger partial charge in [-0.2, -0.15) is 0 Å². The van der Waals surface area contributed by atoms with Crippen LogP contribution in [0.15, 0.2) is 33.0 Å². The summed E-state index contributed by atoms with van der Waals surface area (Å²) in [7, 11) is 0. The van der Waals surface area contributed by atoms with Crippen LogP contribution in [0.2, 0.25) is 0 Å². The Balaban J connectivity index is 1.52. The van der Waals surface area contributed by atoms with Gasteiger partial charge in [-0.15, -0.1) is 23.1 Å². The predicted molar refractivity (Wildman–Crippen MR) is 148 cm³/mol. The van der Waals surface area contributed by atoms with Crippen molar-refractivity contribution >= 4 is 81.1 Å². The number of carboxylic acids is 2. The van der Waals surface area contributed by atoms with Gasteiger partial charge >= 0.3 is 11.1 Å². The Morgan fingerprint density at radius 3 is 2.71 bits per heavy atom. The molecule has 2 aromatic rings. The van der Waals surface area contributed by atoms with Gasteiger partial charge in [-0.25, -0.2) is 14.3 Å². The van der Waals surface area contributed by atoms with Crippen molar-refractivity contribution in [2.24, 2.45) is 5.16 Å². The van der Waals surface area contributed by atoms with Crippen LogP contribution >= 0.6 is 34.9 Å². The van der Waals surface area contributed by atoms with Gasteiger partial charge in [0.25, 0.3) is 11.8 Å². The second-order valence-electron chi connectivity index (χ2n) is 8.62. The number of hydrogen-bond acceptors (Lipinski definition) is 15. The Morgan fingerprint density at radius 1 is 1.37 bits per heavy atom. The van der Waals surface area contributed by atoms with E-state index in [2.05, 4.69) is 20.4 Å². The fourth-order valence-corrected chi connectivity index (χ4v) is 7.02. The maximum absolute atomic E-state index is 13.1. The zero-order chi connectivity index (χ0) is 30.0. The molecule has 2 aliphatic rings. The Kier molecular flexibility index (Phi) is 8.88. The van der Waals surface area contributed by atoms with Crippen molar-refractivity contribution in [1.82, 2.24) is 20.2 Å². The number of nitrogens with one attached hydrogen (secondary N) is 1. The van der Waals surface area contributed by atoms with Gasteiger partial charge in [-0.3, -0.25) is 14.5 Å². The molecule has 0 aromatic carbocycles. The number of fused-ring (bicyclic) bond motifs is 1. The van der Waals surface area contributed by atoms with Gasteiger partial charge in [-0.1, -0.05) is 10.1 Å². The molecule has 4 rings (SSSR count). The van der Waals surface area contributed by atoms with E-state index in [1.54, 1.807) is 4.57 Å². The Hall–Kier alpha value is -4.10. The molecule has 4 heterocycles. The first kappa shape index (κ1) is 29.9. The van der Waals surface area contributed by atoms with Crippen LogP contribution in [0.5, 0.6) is 0 Å². The lowest BCUT2D eigenvalue weighted by molar-refractivity contribution is -0.719. The van der Waals surface area contributed by atoms with Gasteiger partial charge in [-0.05, 0) is 31.2 Å². The largest absolute Gasteiger partial charge is 0.543 e. The molecule has 0 aliphatic carbocycles. The molecule has 19 heteroatoms. The summed E-state index contributed by atoms with van der Waals surface area (Å²) in [5, 5.41) is 28.6. The van der Waals surface area contributed by atoms with Crippen molar-refractivity contribution in [3.05, 3.63) is 28.4 Å². The molecule has 16 nitrogen and oxygen atoms in total. The van der Waals surface area contributed by atoms with E-state index in [1.165, 1.54) is 41.9 Å². The minimum Gasteiger partial charge on any atom is -0.543 e. The minimum atomic E-state index is -1.54. The molecule has 0 spiro atoms. The van der Waals surface area contributed by atoms with E-state index in [9.17, 15) is 24.3 Å². The summed E-state index contributed by atoms with van der Waals surface area (Å²) < 4.78 is 1.72. The second-order valence-corrected chi connectivity index (χ2v) is 11.6. The van der Waals surface area contributed by atoms with E-state index in [4.69, 9.17) is 27.1 Å². The monoisotopic (exact) mass is 623 g/mol. The van der Waals surface area contributed by atoms with Crippen LogP contribution in [0.3, 0.4) is 0 Å². The number of oxime groups is 1. The first-order valence-corrected chi connectivity index (χ1v) is 14.8. The number of carboxylic acid groups (broad SMARTS) is 2. The van der Waals surface area contributed by atoms with Crippen molar-refractivity contribution in [2.45, 2.75) is 43.1 Å². The molecule has 8 N–H and O–H groups in total. The molecule has 0 saturated carbocycles. The lowest BCUT2D eigenvalue weighted by atomic mass is 10.0. The van der Waals surface area contributed by atoms with E-state index >= 15 is 0 Å². The Labute approximate surface area is 245 Å². The number of nitrogens with two attached hydrogens (primary N) is 3. The molecule has 2 aromatic heterocycles. The maximum atomic E-state index is 13.1. The fourth-order valence-electron chi connectivity index (χ4n) is 3.89. The van der Waals surface area contributed by atoms with E-state index in [1.807, 2.05) is 6.92 Å². The van der Waals surface area contributed by atoms with Crippen LogP contribution in [0, 0.1) is 0 Å². The van der Waals surface area contributed by atoms with Crippen molar-refractivity contribution in [1.29, 1.82) is 0 Å². The van der Waals surface area contributed by atoms with E-state index < -0.39 is 47.0 Å². The number of anilines is 3. The van der Waals surface area contributed by atoms with Gasteiger partial charge in [0.1, 0.15) is 17.1 Å². The fraction of sp³-hybridized carbons (Fsp3) is 0.364. The highest BCUT2D eigenvalue weighted by molar-refractivity contribution is 8.01. The number of carbonyl (C=O) groups excluding carboxylic acids is 3. The van der Waals surface area contributed by atoms with Gasteiger partial charge in [0.2, 0.25) is 17.7 Å². The number of thioether (sulfide) groups is 2. The van der Waals surface area contributed by atoms with Crippen molar-refractivity contribution in [3.8, 4) is 0 Å².